The van der Waals surface area contributed by atoms with Gasteiger partial charge in [-0.05, 0) is 31.2 Å². The standard InChI is InChI=1S/C11H14FNO.ClH/c1-14-11-3-2-9(12)6-10(11)8-4-5-13-7-8;/h2-3,6,8,13H,4-5,7H2,1H3;1H. The first-order valence-electron chi connectivity index (χ1n) is 4.85. The number of methoxy groups -OCH3 is 1. The van der Waals surface area contributed by atoms with Crippen molar-refractivity contribution in [3.8, 4) is 5.75 Å². The zero-order chi connectivity index (χ0) is 9.97. The number of ether oxygens (including phenoxy) is 1. The average molecular weight is 232 g/mol. The van der Waals surface area contributed by atoms with Gasteiger partial charge in [0.25, 0.3) is 0 Å². The first kappa shape index (κ1) is 12.3. The van der Waals surface area contributed by atoms with Crippen LogP contribution in [0, 0.1) is 5.82 Å². The number of halogens is 2. The SMILES string of the molecule is COc1ccc(F)cc1C1CCNC1.Cl. The Morgan fingerprint density at radius 2 is 2.27 bits per heavy atom. The van der Waals surface area contributed by atoms with E-state index in [2.05, 4.69) is 5.32 Å². The van der Waals surface area contributed by atoms with Crippen molar-refractivity contribution in [2.75, 3.05) is 20.2 Å². The van der Waals surface area contributed by atoms with Crippen molar-refractivity contribution >= 4 is 12.4 Å². The molecule has 1 unspecified atom stereocenters. The largest absolute Gasteiger partial charge is 0.496 e. The first-order valence-corrected chi connectivity index (χ1v) is 4.85. The third kappa shape index (κ3) is 2.61. The van der Waals surface area contributed by atoms with Crippen LogP contribution in [0.4, 0.5) is 4.39 Å². The van der Waals surface area contributed by atoms with Gasteiger partial charge in [0.1, 0.15) is 11.6 Å². The van der Waals surface area contributed by atoms with Gasteiger partial charge in [-0.1, -0.05) is 0 Å². The summed E-state index contributed by atoms with van der Waals surface area (Å²) in [7, 11) is 1.62. The summed E-state index contributed by atoms with van der Waals surface area (Å²) < 4.78 is 18.3. The van der Waals surface area contributed by atoms with Gasteiger partial charge in [0.15, 0.2) is 0 Å². The fourth-order valence-electron chi connectivity index (χ4n) is 1.94. The van der Waals surface area contributed by atoms with Crippen LogP contribution in [0.1, 0.15) is 17.9 Å². The normalized spacial score (nSPS) is 19.7. The zero-order valence-electron chi connectivity index (χ0n) is 8.63. The third-order valence-corrected chi connectivity index (χ3v) is 2.69. The Morgan fingerprint density at radius 3 is 2.87 bits per heavy atom. The summed E-state index contributed by atoms with van der Waals surface area (Å²) >= 11 is 0. The van der Waals surface area contributed by atoms with E-state index >= 15 is 0 Å². The fourth-order valence-corrected chi connectivity index (χ4v) is 1.94. The van der Waals surface area contributed by atoms with E-state index < -0.39 is 0 Å². The molecule has 1 heterocycles. The van der Waals surface area contributed by atoms with Gasteiger partial charge in [-0.25, -0.2) is 4.39 Å². The van der Waals surface area contributed by atoms with Gasteiger partial charge in [-0.3, -0.25) is 0 Å². The molecule has 1 aromatic rings. The second kappa shape index (κ2) is 5.33. The molecule has 1 aromatic carbocycles. The predicted octanol–water partition coefficient (Wildman–Crippen LogP) is 2.33. The van der Waals surface area contributed by atoms with E-state index in [4.69, 9.17) is 4.74 Å². The number of benzene rings is 1. The van der Waals surface area contributed by atoms with Crippen LogP contribution in [0.15, 0.2) is 18.2 Å². The fraction of sp³-hybridized carbons (Fsp3) is 0.455. The highest BCUT2D eigenvalue weighted by Gasteiger charge is 2.20. The lowest BCUT2D eigenvalue weighted by Crippen LogP contribution is -2.08. The molecular weight excluding hydrogens is 217 g/mol. The maximum absolute atomic E-state index is 13.1. The quantitative estimate of drug-likeness (QED) is 0.844. The van der Waals surface area contributed by atoms with Crippen LogP contribution in [0.5, 0.6) is 5.75 Å². The van der Waals surface area contributed by atoms with E-state index in [1.165, 1.54) is 6.07 Å². The number of nitrogens with one attached hydrogen (secondary N) is 1. The van der Waals surface area contributed by atoms with Crippen LogP contribution in [-0.4, -0.2) is 20.2 Å². The Balaban J connectivity index is 0.00000112. The number of hydrogen-bond donors (Lipinski definition) is 1. The molecule has 1 aliphatic rings. The molecule has 1 N–H and O–H groups in total. The molecule has 15 heavy (non-hydrogen) atoms. The highest BCUT2D eigenvalue weighted by atomic mass is 35.5. The van der Waals surface area contributed by atoms with Crippen molar-refractivity contribution in [2.24, 2.45) is 0 Å². The molecule has 2 rings (SSSR count). The maximum Gasteiger partial charge on any atom is 0.123 e. The Morgan fingerprint density at radius 1 is 1.47 bits per heavy atom. The van der Waals surface area contributed by atoms with Gasteiger partial charge < -0.3 is 10.1 Å². The average Bonchev–Trinajstić information content (AvgIpc) is 2.70. The highest BCUT2D eigenvalue weighted by Crippen LogP contribution is 2.30. The van der Waals surface area contributed by atoms with Crippen molar-refractivity contribution in [3.05, 3.63) is 29.6 Å². The van der Waals surface area contributed by atoms with Crippen LogP contribution in [0.25, 0.3) is 0 Å². The van der Waals surface area contributed by atoms with Gasteiger partial charge in [0, 0.05) is 18.0 Å². The lowest BCUT2D eigenvalue weighted by molar-refractivity contribution is 0.405. The van der Waals surface area contributed by atoms with Gasteiger partial charge in [-0.2, -0.15) is 0 Å². The van der Waals surface area contributed by atoms with E-state index in [9.17, 15) is 4.39 Å². The molecule has 0 spiro atoms. The number of rotatable bonds is 2. The van der Waals surface area contributed by atoms with Crippen LogP contribution in [-0.2, 0) is 0 Å². The Hall–Kier alpha value is -0.800. The Kier molecular flexibility index (Phi) is 4.36. The van der Waals surface area contributed by atoms with Crippen molar-refractivity contribution in [1.29, 1.82) is 0 Å². The molecule has 1 atom stereocenters. The minimum absolute atomic E-state index is 0. The predicted molar refractivity (Wildman–Crippen MR) is 60.4 cm³/mol. The summed E-state index contributed by atoms with van der Waals surface area (Å²) in [5.74, 6) is 0.994. The maximum atomic E-state index is 13.1. The minimum atomic E-state index is -0.187. The van der Waals surface area contributed by atoms with Crippen LogP contribution in [0.3, 0.4) is 0 Å². The van der Waals surface area contributed by atoms with E-state index in [0.29, 0.717) is 5.92 Å². The Labute approximate surface area is 95.2 Å². The molecule has 0 saturated carbocycles. The molecule has 0 aromatic heterocycles. The molecular formula is C11H15ClFNO. The second-order valence-electron chi connectivity index (χ2n) is 3.58. The van der Waals surface area contributed by atoms with Gasteiger partial charge >= 0.3 is 0 Å². The summed E-state index contributed by atoms with van der Waals surface area (Å²) in [5, 5.41) is 3.26. The van der Waals surface area contributed by atoms with Gasteiger partial charge in [0.05, 0.1) is 7.11 Å². The molecule has 1 fully saturated rings. The Bertz CT molecular complexity index is 326. The molecule has 0 aliphatic carbocycles. The topological polar surface area (TPSA) is 21.3 Å². The molecule has 1 saturated heterocycles. The smallest absolute Gasteiger partial charge is 0.123 e. The van der Waals surface area contributed by atoms with Gasteiger partial charge in [-0.15, -0.1) is 12.4 Å². The molecule has 2 nitrogen and oxygen atoms in total. The van der Waals surface area contributed by atoms with E-state index in [-0.39, 0.29) is 18.2 Å². The second-order valence-corrected chi connectivity index (χ2v) is 3.58. The van der Waals surface area contributed by atoms with Crippen molar-refractivity contribution in [3.63, 3.8) is 0 Å². The lowest BCUT2D eigenvalue weighted by atomic mass is 9.97. The van der Waals surface area contributed by atoms with Crippen molar-refractivity contribution in [1.82, 2.24) is 5.32 Å². The lowest BCUT2D eigenvalue weighted by Gasteiger charge is -2.13. The molecule has 1 aliphatic heterocycles. The minimum Gasteiger partial charge on any atom is -0.496 e. The van der Waals surface area contributed by atoms with Crippen molar-refractivity contribution < 1.29 is 9.13 Å². The zero-order valence-corrected chi connectivity index (χ0v) is 9.44. The van der Waals surface area contributed by atoms with Crippen molar-refractivity contribution in [2.45, 2.75) is 12.3 Å². The molecule has 4 heteroatoms. The summed E-state index contributed by atoms with van der Waals surface area (Å²) in [6.45, 7) is 1.92. The summed E-state index contributed by atoms with van der Waals surface area (Å²) in [5.41, 5.74) is 0.984. The number of hydrogen-bond acceptors (Lipinski definition) is 2. The summed E-state index contributed by atoms with van der Waals surface area (Å²) in [4.78, 5) is 0. The van der Waals surface area contributed by atoms with E-state index in [1.807, 2.05) is 0 Å². The van der Waals surface area contributed by atoms with Crippen LogP contribution >= 0.6 is 12.4 Å². The van der Waals surface area contributed by atoms with Gasteiger partial charge in [0.2, 0.25) is 0 Å². The highest BCUT2D eigenvalue weighted by molar-refractivity contribution is 5.85. The van der Waals surface area contributed by atoms with E-state index in [0.717, 1.165) is 30.8 Å². The monoisotopic (exact) mass is 231 g/mol. The molecule has 0 radical (unpaired) electrons. The molecule has 84 valence electrons. The summed E-state index contributed by atoms with van der Waals surface area (Å²) in [6.07, 6.45) is 1.06. The first-order chi connectivity index (χ1) is 6.81. The van der Waals surface area contributed by atoms with Crippen LogP contribution in [0.2, 0.25) is 0 Å². The summed E-state index contributed by atoms with van der Waals surface area (Å²) in [6, 6.07) is 4.71. The van der Waals surface area contributed by atoms with Crippen LogP contribution < -0.4 is 10.1 Å². The molecule has 0 bridgehead atoms. The third-order valence-electron chi connectivity index (χ3n) is 2.69. The van der Waals surface area contributed by atoms with E-state index in [1.54, 1.807) is 19.2 Å². The molecule has 0 amide bonds.